The molecule has 0 unspecified atom stereocenters. The van der Waals surface area contributed by atoms with Crippen molar-refractivity contribution >= 4 is 35.1 Å². The molecule has 3 aliphatic rings. The number of urea groups is 1. The van der Waals surface area contributed by atoms with Crippen LogP contribution in [0.25, 0.3) is 0 Å². The summed E-state index contributed by atoms with van der Waals surface area (Å²) in [6.45, 7) is 0.779. The lowest BCUT2D eigenvalue weighted by Gasteiger charge is -2.52. The van der Waals surface area contributed by atoms with E-state index in [-0.39, 0.29) is 17.9 Å². The molecule has 0 bridgehead atoms. The summed E-state index contributed by atoms with van der Waals surface area (Å²) in [5.41, 5.74) is 0.700. The first kappa shape index (κ1) is 17.3. The van der Waals surface area contributed by atoms with Crippen LogP contribution in [0.15, 0.2) is 18.2 Å². The fraction of sp³-hybridized carbons (Fsp3) is 0.526. The van der Waals surface area contributed by atoms with Crippen molar-refractivity contribution in [3.8, 4) is 0 Å². The molecule has 6 nitrogen and oxygen atoms in total. The molecule has 1 aromatic rings. The first-order valence-corrected chi connectivity index (χ1v) is 9.41. The number of rotatable bonds is 0. The Bertz CT molecular complexity index is 785. The van der Waals surface area contributed by atoms with Crippen LogP contribution < -0.4 is 4.90 Å². The van der Waals surface area contributed by atoms with Crippen molar-refractivity contribution in [2.75, 3.05) is 25.5 Å². The zero-order valence-electron chi connectivity index (χ0n) is 15.0. The van der Waals surface area contributed by atoms with Crippen LogP contribution in [0, 0.1) is 5.41 Å². The standard InChI is InChI=1S/C19H22ClN3O3/c1-21-16(24)19(17(25)22(2)18(21)26)11-12-7-8-13(20)10-14(12)23-9-5-3-4-6-15(19)23/h7-8,10,15H,3-6,9,11H2,1-2H3/t15-/m0/s1. The van der Waals surface area contributed by atoms with Crippen LogP contribution in [0.4, 0.5) is 10.5 Å². The number of anilines is 1. The van der Waals surface area contributed by atoms with E-state index in [2.05, 4.69) is 4.90 Å². The first-order valence-electron chi connectivity index (χ1n) is 9.03. The SMILES string of the molecule is CN1C(=O)N(C)C(=O)C2(Cc3ccc(Cl)cc3N3CCCCC[C@H]32)C1=O. The third-order valence-corrected chi connectivity index (χ3v) is 6.33. The number of halogens is 1. The highest BCUT2D eigenvalue weighted by atomic mass is 35.5. The third-order valence-electron chi connectivity index (χ3n) is 6.09. The maximum atomic E-state index is 13.3. The van der Waals surface area contributed by atoms with Crippen LogP contribution in [0.1, 0.15) is 31.2 Å². The van der Waals surface area contributed by atoms with Crippen molar-refractivity contribution in [3.05, 3.63) is 28.8 Å². The van der Waals surface area contributed by atoms with E-state index >= 15 is 0 Å². The average Bonchev–Trinajstić information content (AvgIpc) is 2.90. The molecule has 138 valence electrons. The molecule has 4 amide bonds. The van der Waals surface area contributed by atoms with E-state index < -0.39 is 11.4 Å². The van der Waals surface area contributed by atoms with Crippen LogP contribution in [-0.2, 0) is 16.0 Å². The molecule has 0 aromatic heterocycles. The van der Waals surface area contributed by atoms with E-state index in [1.165, 1.54) is 14.1 Å². The number of fused-ring (bicyclic) bond motifs is 4. The van der Waals surface area contributed by atoms with Crippen molar-refractivity contribution in [1.29, 1.82) is 0 Å². The van der Waals surface area contributed by atoms with Gasteiger partial charge < -0.3 is 4.90 Å². The molecular formula is C19H22ClN3O3. The molecule has 4 rings (SSSR count). The summed E-state index contributed by atoms with van der Waals surface area (Å²) in [6.07, 6.45) is 4.08. The molecule has 1 atom stereocenters. The van der Waals surface area contributed by atoms with E-state index in [0.29, 0.717) is 11.4 Å². The predicted molar refractivity (Wildman–Crippen MR) is 98.1 cm³/mol. The average molecular weight is 376 g/mol. The lowest BCUT2D eigenvalue weighted by Crippen LogP contribution is -2.71. The van der Waals surface area contributed by atoms with E-state index in [4.69, 9.17) is 11.6 Å². The number of carbonyl (C=O) groups is 3. The first-order chi connectivity index (χ1) is 12.4. The van der Waals surface area contributed by atoms with Gasteiger partial charge in [0.2, 0.25) is 11.8 Å². The zero-order valence-corrected chi connectivity index (χ0v) is 15.8. The molecule has 0 saturated carbocycles. The molecule has 2 fully saturated rings. The maximum absolute atomic E-state index is 13.3. The second-order valence-electron chi connectivity index (χ2n) is 7.49. The summed E-state index contributed by atoms with van der Waals surface area (Å²) in [5, 5.41) is 0.647. The number of amides is 4. The Labute approximate surface area is 157 Å². The third kappa shape index (κ3) is 2.21. The number of hydrogen-bond donors (Lipinski definition) is 0. The van der Waals surface area contributed by atoms with Gasteiger partial charge in [0.1, 0.15) is 0 Å². The van der Waals surface area contributed by atoms with E-state index in [1.807, 2.05) is 12.1 Å². The second kappa shape index (κ2) is 5.98. The molecule has 3 aliphatic heterocycles. The number of imide groups is 2. The second-order valence-corrected chi connectivity index (χ2v) is 7.93. The Morgan fingerprint density at radius 3 is 2.42 bits per heavy atom. The Morgan fingerprint density at radius 1 is 1.04 bits per heavy atom. The molecule has 26 heavy (non-hydrogen) atoms. The smallest absolute Gasteiger partial charge is 0.332 e. The van der Waals surface area contributed by atoms with Crippen LogP contribution in [0.2, 0.25) is 5.02 Å². The largest absolute Gasteiger partial charge is 0.367 e. The number of carbonyl (C=O) groups excluding carboxylic acids is 3. The number of hydrogen-bond acceptors (Lipinski definition) is 4. The molecule has 1 spiro atoms. The number of benzene rings is 1. The van der Waals surface area contributed by atoms with Gasteiger partial charge in [-0.1, -0.05) is 30.5 Å². The number of barbiturate groups is 1. The zero-order chi connectivity index (χ0) is 18.6. The van der Waals surface area contributed by atoms with Gasteiger partial charge in [-0.2, -0.15) is 0 Å². The summed E-state index contributed by atoms with van der Waals surface area (Å²) < 4.78 is 0. The van der Waals surface area contributed by atoms with E-state index in [0.717, 1.165) is 53.3 Å². The monoisotopic (exact) mass is 375 g/mol. The molecular weight excluding hydrogens is 354 g/mol. The van der Waals surface area contributed by atoms with Crippen molar-refractivity contribution in [2.45, 2.75) is 38.1 Å². The molecule has 0 radical (unpaired) electrons. The Morgan fingerprint density at radius 2 is 1.73 bits per heavy atom. The minimum Gasteiger partial charge on any atom is -0.367 e. The lowest BCUT2D eigenvalue weighted by atomic mass is 9.67. The fourth-order valence-corrected chi connectivity index (χ4v) is 4.97. The van der Waals surface area contributed by atoms with Gasteiger partial charge in [0.15, 0.2) is 5.41 Å². The topological polar surface area (TPSA) is 60.9 Å². The minimum absolute atomic E-state index is 0.256. The highest BCUT2D eigenvalue weighted by Crippen LogP contribution is 2.48. The van der Waals surface area contributed by atoms with Gasteiger partial charge in [-0.25, -0.2) is 4.79 Å². The Balaban J connectivity index is 1.93. The van der Waals surface area contributed by atoms with Crippen molar-refractivity contribution in [2.24, 2.45) is 5.41 Å². The highest BCUT2D eigenvalue weighted by molar-refractivity contribution is 6.31. The fourth-order valence-electron chi connectivity index (χ4n) is 4.81. The molecule has 2 saturated heterocycles. The summed E-state index contributed by atoms with van der Waals surface area (Å²) in [5.74, 6) is -0.772. The summed E-state index contributed by atoms with van der Waals surface area (Å²) in [7, 11) is 2.93. The summed E-state index contributed by atoms with van der Waals surface area (Å²) >= 11 is 6.23. The van der Waals surface area contributed by atoms with E-state index in [9.17, 15) is 14.4 Å². The molecule has 3 heterocycles. The van der Waals surface area contributed by atoms with Gasteiger partial charge in [-0.15, -0.1) is 0 Å². The maximum Gasteiger partial charge on any atom is 0.332 e. The normalized spacial score (nSPS) is 25.3. The minimum atomic E-state index is -1.25. The van der Waals surface area contributed by atoms with Crippen LogP contribution in [0.3, 0.4) is 0 Å². The lowest BCUT2D eigenvalue weighted by molar-refractivity contribution is -0.159. The molecule has 0 aliphatic carbocycles. The Hall–Kier alpha value is -2.08. The highest BCUT2D eigenvalue weighted by Gasteiger charge is 2.62. The van der Waals surface area contributed by atoms with Gasteiger partial charge >= 0.3 is 6.03 Å². The van der Waals surface area contributed by atoms with Crippen LogP contribution in [-0.4, -0.2) is 54.3 Å². The van der Waals surface area contributed by atoms with Gasteiger partial charge in [-0.3, -0.25) is 19.4 Å². The Kier molecular flexibility index (Phi) is 3.99. The summed E-state index contributed by atoms with van der Waals surface area (Å²) in [6, 6.07) is 4.81. The van der Waals surface area contributed by atoms with Crippen LogP contribution in [0.5, 0.6) is 0 Å². The number of nitrogens with zero attached hydrogens (tertiary/aromatic N) is 3. The van der Waals surface area contributed by atoms with Crippen molar-refractivity contribution in [1.82, 2.24) is 9.80 Å². The molecule has 0 N–H and O–H groups in total. The van der Waals surface area contributed by atoms with Gasteiger partial charge in [0, 0.05) is 31.4 Å². The van der Waals surface area contributed by atoms with Crippen molar-refractivity contribution in [3.63, 3.8) is 0 Å². The van der Waals surface area contributed by atoms with Gasteiger partial charge in [0.25, 0.3) is 0 Å². The predicted octanol–water partition coefficient (Wildman–Crippen LogP) is 2.68. The molecule has 1 aromatic carbocycles. The van der Waals surface area contributed by atoms with Gasteiger partial charge in [0.05, 0.1) is 6.04 Å². The van der Waals surface area contributed by atoms with Gasteiger partial charge in [-0.05, 0) is 37.0 Å². The quantitative estimate of drug-likeness (QED) is 0.654. The van der Waals surface area contributed by atoms with Crippen LogP contribution >= 0.6 is 11.6 Å². The van der Waals surface area contributed by atoms with E-state index in [1.54, 1.807) is 6.07 Å². The van der Waals surface area contributed by atoms with Crippen molar-refractivity contribution < 1.29 is 14.4 Å². The molecule has 7 heteroatoms. The summed E-state index contributed by atoms with van der Waals surface area (Å²) in [4.78, 5) is 43.3.